The SMILES string of the molecule is CCCN(Cc1nnc(-c2cccs2)o1)C(=O)C=Cc1nc2ccccc2s1. The quantitative estimate of drug-likeness (QED) is 0.407. The standard InChI is InChI=1S/C20H18N4O2S2/c1-2-11-24(13-17-22-23-20(26-17)16-8-5-12-27-16)19(25)10-9-18-21-14-6-3-4-7-15(14)28-18/h3-10,12H,2,11,13H2,1H3. The molecule has 4 rings (SSSR count). The molecule has 0 atom stereocenters. The van der Waals surface area contributed by atoms with E-state index in [9.17, 15) is 4.79 Å². The van der Waals surface area contributed by atoms with Gasteiger partial charge >= 0.3 is 0 Å². The van der Waals surface area contributed by atoms with Gasteiger partial charge in [0.05, 0.1) is 21.6 Å². The lowest BCUT2D eigenvalue weighted by Gasteiger charge is -2.18. The number of hydrogen-bond donors (Lipinski definition) is 0. The minimum absolute atomic E-state index is 0.100. The Hall–Kier alpha value is -2.84. The lowest BCUT2D eigenvalue weighted by molar-refractivity contribution is -0.126. The maximum Gasteiger partial charge on any atom is 0.257 e. The Morgan fingerprint density at radius 2 is 2.11 bits per heavy atom. The molecule has 0 spiro atoms. The molecule has 0 fully saturated rings. The Bertz CT molecular complexity index is 1070. The second-order valence-corrected chi connectivity index (χ2v) is 8.10. The van der Waals surface area contributed by atoms with Crippen LogP contribution in [0.1, 0.15) is 24.2 Å². The molecule has 0 saturated heterocycles. The van der Waals surface area contributed by atoms with Crippen molar-refractivity contribution in [2.75, 3.05) is 6.54 Å². The predicted octanol–water partition coefficient (Wildman–Crippen LogP) is 4.86. The van der Waals surface area contributed by atoms with Gasteiger partial charge in [0.15, 0.2) is 0 Å². The van der Waals surface area contributed by atoms with Crippen molar-refractivity contribution in [3.8, 4) is 10.8 Å². The summed E-state index contributed by atoms with van der Waals surface area (Å²) in [6.07, 6.45) is 4.16. The highest BCUT2D eigenvalue weighted by Gasteiger charge is 2.16. The molecule has 142 valence electrons. The van der Waals surface area contributed by atoms with E-state index in [0.717, 1.165) is 26.5 Å². The molecule has 8 heteroatoms. The van der Waals surface area contributed by atoms with Crippen molar-refractivity contribution in [3.63, 3.8) is 0 Å². The van der Waals surface area contributed by atoms with Crippen molar-refractivity contribution >= 4 is 44.9 Å². The predicted molar refractivity (Wildman–Crippen MR) is 112 cm³/mol. The molecule has 6 nitrogen and oxygen atoms in total. The topological polar surface area (TPSA) is 72.1 Å². The summed E-state index contributed by atoms with van der Waals surface area (Å²) in [5, 5.41) is 10.9. The van der Waals surface area contributed by atoms with Gasteiger partial charge in [0.25, 0.3) is 5.89 Å². The van der Waals surface area contributed by atoms with Gasteiger partial charge in [0.1, 0.15) is 5.01 Å². The van der Waals surface area contributed by atoms with Crippen LogP contribution in [0, 0.1) is 0 Å². The zero-order valence-electron chi connectivity index (χ0n) is 15.2. The third-order valence-corrected chi connectivity index (χ3v) is 5.87. The number of benzene rings is 1. The monoisotopic (exact) mass is 410 g/mol. The minimum atomic E-state index is -0.100. The number of nitrogens with zero attached hydrogens (tertiary/aromatic N) is 4. The number of thiophene rings is 1. The van der Waals surface area contributed by atoms with Crippen LogP contribution in [0.5, 0.6) is 0 Å². The van der Waals surface area contributed by atoms with Crippen LogP contribution < -0.4 is 0 Å². The van der Waals surface area contributed by atoms with Crippen molar-refractivity contribution < 1.29 is 9.21 Å². The highest BCUT2D eigenvalue weighted by molar-refractivity contribution is 7.19. The molecule has 3 heterocycles. The molecule has 0 unspecified atom stereocenters. The number of fused-ring (bicyclic) bond motifs is 1. The fourth-order valence-electron chi connectivity index (χ4n) is 2.73. The van der Waals surface area contributed by atoms with Gasteiger partial charge in [-0.15, -0.1) is 32.9 Å². The molecule has 0 aliphatic carbocycles. The van der Waals surface area contributed by atoms with E-state index < -0.39 is 0 Å². The van der Waals surface area contributed by atoms with Crippen LogP contribution in [0.15, 0.2) is 52.3 Å². The zero-order chi connectivity index (χ0) is 19.3. The number of carbonyl (C=O) groups is 1. The third-order valence-electron chi connectivity index (χ3n) is 4.01. The number of amides is 1. The van der Waals surface area contributed by atoms with Crippen molar-refractivity contribution in [1.82, 2.24) is 20.1 Å². The molecule has 0 bridgehead atoms. The zero-order valence-corrected chi connectivity index (χ0v) is 16.9. The van der Waals surface area contributed by atoms with Gasteiger partial charge in [0.2, 0.25) is 11.8 Å². The van der Waals surface area contributed by atoms with Crippen molar-refractivity contribution in [1.29, 1.82) is 0 Å². The highest BCUT2D eigenvalue weighted by Crippen LogP contribution is 2.24. The summed E-state index contributed by atoms with van der Waals surface area (Å²) in [4.78, 5) is 19.8. The number of hydrogen-bond acceptors (Lipinski definition) is 7. The fraction of sp³-hybridized carbons (Fsp3) is 0.200. The average Bonchev–Trinajstić information content (AvgIpc) is 3.45. The van der Waals surface area contributed by atoms with Gasteiger partial charge in [-0.25, -0.2) is 4.98 Å². The van der Waals surface area contributed by atoms with Crippen LogP contribution in [0.4, 0.5) is 0 Å². The Morgan fingerprint density at radius 1 is 1.21 bits per heavy atom. The van der Waals surface area contributed by atoms with Crippen LogP contribution in [0.25, 0.3) is 27.1 Å². The minimum Gasteiger partial charge on any atom is -0.418 e. The molecule has 0 aliphatic rings. The highest BCUT2D eigenvalue weighted by atomic mass is 32.1. The van der Waals surface area contributed by atoms with Crippen LogP contribution >= 0.6 is 22.7 Å². The van der Waals surface area contributed by atoms with Gasteiger partial charge in [-0.3, -0.25) is 4.79 Å². The number of para-hydroxylation sites is 1. The molecule has 3 aromatic heterocycles. The fourth-order valence-corrected chi connectivity index (χ4v) is 4.24. The average molecular weight is 411 g/mol. The summed E-state index contributed by atoms with van der Waals surface area (Å²) in [7, 11) is 0. The maximum absolute atomic E-state index is 12.7. The van der Waals surface area contributed by atoms with E-state index in [4.69, 9.17) is 4.42 Å². The lowest BCUT2D eigenvalue weighted by atomic mass is 10.3. The number of carbonyl (C=O) groups excluding carboxylic acids is 1. The Balaban J connectivity index is 1.46. The molecule has 0 saturated carbocycles. The summed E-state index contributed by atoms with van der Waals surface area (Å²) in [6, 6.07) is 11.8. The van der Waals surface area contributed by atoms with Crippen LogP contribution in [-0.2, 0) is 11.3 Å². The maximum atomic E-state index is 12.7. The summed E-state index contributed by atoms with van der Waals surface area (Å²) in [6.45, 7) is 2.93. The summed E-state index contributed by atoms with van der Waals surface area (Å²) in [5.74, 6) is 0.814. The Labute approximate surface area is 170 Å². The van der Waals surface area contributed by atoms with Crippen molar-refractivity contribution in [3.05, 3.63) is 58.8 Å². The van der Waals surface area contributed by atoms with Gasteiger partial charge in [-0.1, -0.05) is 25.1 Å². The molecular weight excluding hydrogens is 392 g/mol. The largest absolute Gasteiger partial charge is 0.418 e. The molecule has 1 aromatic carbocycles. The van der Waals surface area contributed by atoms with Gasteiger partial charge < -0.3 is 9.32 Å². The Kier molecular flexibility index (Phi) is 5.59. The number of thiazole rings is 1. The second-order valence-electron chi connectivity index (χ2n) is 6.09. The van der Waals surface area contributed by atoms with Gasteiger partial charge in [-0.2, -0.15) is 0 Å². The number of rotatable bonds is 7. The van der Waals surface area contributed by atoms with Crippen LogP contribution in [0.2, 0.25) is 0 Å². The van der Waals surface area contributed by atoms with E-state index in [2.05, 4.69) is 15.2 Å². The van der Waals surface area contributed by atoms with E-state index in [1.165, 1.54) is 11.3 Å². The summed E-state index contributed by atoms with van der Waals surface area (Å²) >= 11 is 3.10. The van der Waals surface area contributed by atoms with Crippen molar-refractivity contribution in [2.45, 2.75) is 19.9 Å². The van der Waals surface area contributed by atoms with E-state index in [1.54, 1.807) is 28.4 Å². The van der Waals surface area contributed by atoms with Crippen LogP contribution in [-0.4, -0.2) is 32.5 Å². The van der Waals surface area contributed by atoms with Gasteiger partial charge in [0, 0.05) is 12.6 Å². The van der Waals surface area contributed by atoms with Crippen molar-refractivity contribution in [2.24, 2.45) is 0 Å². The molecular formula is C20H18N4O2S2. The molecule has 1 amide bonds. The normalized spacial score (nSPS) is 11.5. The second kappa shape index (κ2) is 8.45. The molecule has 0 N–H and O–H groups in total. The lowest BCUT2D eigenvalue weighted by Crippen LogP contribution is -2.29. The Morgan fingerprint density at radius 3 is 2.89 bits per heavy atom. The van der Waals surface area contributed by atoms with E-state index in [-0.39, 0.29) is 12.5 Å². The summed E-state index contributed by atoms with van der Waals surface area (Å²) < 4.78 is 6.82. The first-order valence-electron chi connectivity index (χ1n) is 8.91. The van der Waals surface area contributed by atoms with Crippen LogP contribution in [0.3, 0.4) is 0 Å². The van der Waals surface area contributed by atoms with E-state index in [0.29, 0.717) is 18.3 Å². The molecule has 0 aliphatic heterocycles. The first kappa shape index (κ1) is 18.5. The molecule has 0 radical (unpaired) electrons. The molecule has 28 heavy (non-hydrogen) atoms. The third kappa shape index (κ3) is 4.18. The molecule has 4 aromatic rings. The van der Waals surface area contributed by atoms with E-state index >= 15 is 0 Å². The van der Waals surface area contributed by atoms with Gasteiger partial charge in [-0.05, 0) is 36.1 Å². The summed E-state index contributed by atoms with van der Waals surface area (Å²) in [5.41, 5.74) is 0.942. The first-order chi connectivity index (χ1) is 13.7. The van der Waals surface area contributed by atoms with E-state index in [1.807, 2.05) is 48.7 Å². The first-order valence-corrected chi connectivity index (χ1v) is 10.6. The smallest absolute Gasteiger partial charge is 0.257 e. The number of aromatic nitrogens is 3.